The van der Waals surface area contributed by atoms with E-state index in [9.17, 15) is 9.59 Å². The lowest BCUT2D eigenvalue weighted by Gasteiger charge is -2.16. The highest BCUT2D eigenvalue weighted by atomic mass is 32.2. The molecule has 32 heavy (non-hydrogen) atoms. The standard InChI is InChI=1S/C23H25N5O3S/c1-3-31-18-10-8-17(9-11-18)24-21(29)14-20-25-26-23(27(20)2)32-15-22(30)28-13-12-16-6-4-5-7-19(16)28/h4-11H,3,12-15H2,1-2H3,(H,24,29). The number of ether oxygens (including phenoxy) is 1. The number of nitrogens with one attached hydrogen (secondary N) is 1. The number of amides is 2. The number of carbonyl (C=O) groups excluding carboxylic acids is 2. The van der Waals surface area contributed by atoms with Gasteiger partial charge in [0, 0.05) is 25.0 Å². The van der Waals surface area contributed by atoms with E-state index in [0.717, 1.165) is 17.9 Å². The van der Waals surface area contributed by atoms with Crippen LogP contribution in [0.25, 0.3) is 0 Å². The Balaban J connectivity index is 1.31. The SMILES string of the molecule is CCOc1ccc(NC(=O)Cc2nnc(SCC(=O)N3CCc4ccccc43)n2C)cc1. The molecule has 0 aliphatic carbocycles. The topological polar surface area (TPSA) is 89.3 Å². The first-order valence-corrected chi connectivity index (χ1v) is 11.5. The minimum Gasteiger partial charge on any atom is -0.494 e. The Kier molecular flexibility index (Phi) is 6.75. The molecule has 0 unspecified atom stereocenters. The van der Waals surface area contributed by atoms with Crippen LogP contribution in [0.2, 0.25) is 0 Å². The first-order chi connectivity index (χ1) is 15.5. The molecule has 1 N–H and O–H groups in total. The van der Waals surface area contributed by atoms with Gasteiger partial charge < -0.3 is 19.5 Å². The zero-order valence-corrected chi connectivity index (χ0v) is 18.9. The predicted molar refractivity (Wildman–Crippen MR) is 124 cm³/mol. The molecule has 0 radical (unpaired) electrons. The van der Waals surface area contributed by atoms with E-state index < -0.39 is 0 Å². The normalized spacial score (nSPS) is 12.5. The lowest BCUT2D eigenvalue weighted by Crippen LogP contribution is -2.30. The summed E-state index contributed by atoms with van der Waals surface area (Å²) >= 11 is 1.33. The van der Waals surface area contributed by atoms with Crippen LogP contribution in [-0.4, -0.2) is 45.5 Å². The summed E-state index contributed by atoms with van der Waals surface area (Å²) in [5.74, 6) is 1.41. The number of anilines is 2. The highest BCUT2D eigenvalue weighted by Gasteiger charge is 2.24. The van der Waals surface area contributed by atoms with Crippen LogP contribution in [0.4, 0.5) is 11.4 Å². The summed E-state index contributed by atoms with van der Waals surface area (Å²) in [6, 6.07) is 15.2. The number of rotatable bonds is 8. The number of thioether (sulfide) groups is 1. The first kappa shape index (κ1) is 21.9. The second-order valence-electron chi connectivity index (χ2n) is 7.35. The molecule has 9 heteroatoms. The van der Waals surface area contributed by atoms with Crippen molar-refractivity contribution in [1.29, 1.82) is 0 Å². The number of carbonyl (C=O) groups is 2. The van der Waals surface area contributed by atoms with Crippen molar-refractivity contribution in [2.75, 3.05) is 29.1 Å². The van der Waals surface area contributed by atoms with E-state index in [1.54, 1.807) is 23.7 Å². The molecule has 2 amide bonds. The fraction of sp³-hybridized carbons (Fsp3) is 0.304. The lowest BCUT2D eigenvalue weighted by atomic mass is 10.2. The quantitative estimate of drug-likeness (QED) is 0.530. The van der Waals surface area contributed by atoms with Crippen LogP contribution in [0.3, 0.4) is 0 Å². The second kappa shape index (κ2) is 9.86. The third-order valence-electron chi connectivity index (χ3n) is 5.21. The molecule has 8 nitrogen and oxygen atoms in total. The summed E-state index contributed by atoms with van der Waals surface area (Å²) in [5, 5.41) is 11.7. The second-order valence-corrected chi connectivity index (χ2v) is 8.30. The fourth-order valence-electron chi connectivity index (χ4n) is 3.58. The summed E-state index contributed by atoms with van der Waals surface area (Å²) in [7, 11) is 1.80. The highest BCUT2D eigenvalue weighted by molar-refractivity contribution is 7.99. The molecular weight excluding hydrogens is 426 g/mol. The predicted octanol–water partition coefficient (Wildman–Crippen LogP) is 3.08. The molecule has 0 spiro atoms. The summed E-state index contributed by atoms with van der Waals surface area (Å²) in [6.45, 7) is 3.22. The van der Waals surface area contributed by atoms with E-state index in [1.165, 1.54) is 17.3 Å². The van der Waals surface area contributed by atoms with E-state index in [1.807, 2.05) is 42.2 Å². The van der Waals surface area contributed by atoms with Crippen molar-refractivity contribution in [3.63, 3.8) is 0 Å². The zero-order chi connectivity index (χ0) is 22.5. The largest absolute Gasteiger partial charge is 0.494 e. The minimum absolute atomic E-state index is 0.0396. The van der Waals surface area contributed by atoms with E-state index in [-0.39, 0.29) is 24.0 Å². The molecule has 0 atom stereocenters. The molecule has 166 valence electrons. The van der Waals surface area contributed by atoms with Gasteiger partial charge in [0.2, 0.25) is 11.8 Å². The molecule has 2 heterocycles. The molecule has 2 aromatic carbocycles. The summed E-state index contributed by atoms with van der Waals surface area (Å²) in [4.78, 5) is 27.0. The fourth-order valence-corrected chi connectivity index (χ4v) is 4.38. The average molecular weight is 452 g/mol. The van der Waals surface area contributed by atoms with Gasteiger partial charge in [0.25, 0.3) is 0 Å². The Bertz CT molecular complexity index is 1110. The van der Waals surface area contributed by atoms with Crippen molar-refractivity contribution in [2.24, 2.45) is 7.05 Å². The van der Waals surface area contributed by atoms with Crippen LogP contribution in [0.1, 0.15) is 18.3 Å². The number of nitrogens with zero attached hydrogens (tertiary/aromatic N) is 4. The van der Waals surface area contributed by atoms with E-state index in [0.29, 0.717) is 29.8 Å². The highest BCUT2D eigenvalue weighted by Crippen LogP contribution is 2.28. The molecule has 0 saturated heterocycles. The number of fused-ring (bicyclic) bond motifs is 1. The number of aromatic nitrogens is 3. The van der Waals surface area contributed by atoms with Crippen LogP contribution in [0, 0.1) is 0 Å². The molecule has 3 aromatic rings. The smallest absolute Gasteiger partial charge is 0.237 e. The summed E-state index contributed by atoms with van der Waals surface area (Å²) < 4.78 is 7.16. The molecule has 0 bridgehead atoms. The third kappa shape index (κ3) is 4.94. The van der Waals surface area contributed by atoms with Gasteiger partial charge in [0.15, 0.2) is 5.16 Å². The number of benzene rings is 2. The Morgan fingerprint density at radius 3 is 2.69 bits per heavy atom. The van der Waals surface area contributed by atoms with Gasteiger partial charge in [-0.05, 0) is 49.2 Å². The van der Waals surface area contributed by atoms with Crippen LogP contribution >= 0.6 is 11.8 Å². The van der Waals surface area contributed by atoms with Gasteiger partial charge >= 0.3 is 0 Å². The van der Waals surface area contributed by atoms with Gasteiger partial charge in [-0.15, -0.1) is 10.2 Å². The molecular formula is C23H25N5O3S. The maximum absolute atomic E-state index is 12.7. The van der Waals surface area contributed by atoms with E-state index >= 15 is 0 Å². The summed E-state index contributed by atoms with van der Waals surface area (Å²) in [5.41, 5.74) is 2.87. The van der Waals surface area contributed by atoms with Crippen molar-refractivity contribution in [3.05, 3.63) is 59.9 Å². The van der Waals surface area contributed by atoms with Crippen LogP contribution < -0.4 is 15.0 Å². The maximum atomic E-state index is 12.7. The molecule has 4 rings (SSSR count). The molecule has 0 saturated carbocycles. The number of para-hydroxylation sites is 1. The third-order valence-corrected chi connectivity index (χ3v) is 6.21. The average Bonchev–Trinajstić information content (AvgIpc) is 3.38. The minimum atomic E-state index is -0.189. The van der Waals surface area contributed by atoms with Gasteiger partial charge in [0.05, 0.1) is 18.8 Å². The molecule has 0 fully saturated rings. The summed E-state index contributed by atoms with van der Waals surface area (Å²) in [6.07, 6.45) is 0.967. The lowest BCUT2D eigenvalue weighted by molar-refractivity contribution is -0.116. The number of hydrogen-bond donors (Lipinski definition) is 1. The van der Waals surface area contributed by atoms with Gasteiger partial charge in [-0.3, -0.25) is 9.59 Å². The van der Waals surface area contributed by atoms with Crippen LogP contribution in [-0.2, 0) is 29.5 Å². The Labute approximate surface area is 191 Å². The van der Waals surface area contributed by atoms with Gasteiger partial charge in [0.1, 0.15) is 11.6 Å². The van der Waals surface area contributed by atoms with Gasteiger partial charge in [-0.1, -0.05) is 30.0 Å². The van der Waals surface area contributed by atoms with Gasteiger partial charge in [-0.25, -0.2) is 0 Å². The van der Waals surface area contributed by atoms with Crippen molar-refractivity contribution >= 4 is 35.0 Å². The van der Waals surface area contributed by atoms with Crippen molar-refractivity contribution in [2.45, 2.75) is 24.9 Å². The van der Waals surface area contributed by atoms with E-state index in [2.05, 4.69) is 21.6 Å². The Hall–Kier alpha value is -3.33. The monoisotopic (exact) mass is 451 g/mol. The van der Waals surface area contributed by atoms with Crippen LogP contribution in [0.15, 0.2) is 53.7 Å². The Morgan fingerprint density at radius 2 is 1.91 bits per heavy atom. The zero-order valence-electron chi connectivity index (χ0n) is 18.1. The molecule has 1 aliphatic rings. The molecule has 1 aromatic heterocycles. The van der Waals surface area contributed by atoms with Crippen molar-refractivity contribution < 1.29 is 14.3 Å². The van der Waals surface area contributed by atoms with Crippen molar-refractivity contribution in [3.8, 4) is 5.75 Å². The first-order valence-electron chi connectivity index (χ1n) is 10.5. The van der Waals surface area contributed by atoms with E-state index in [4.69, 9.17) is 4.74 Å². The maximum Gasteiger partial charge on any atom is 0.237 e. The van der Waals surface area contributed by atoms with Crippen molar-refractivity contribution in [1.82, 2.24) is 14.8 Å². The Morgan fingerprint density at radius 1 is 1.12 bits per heavy atom. The molecule has 1 aliphatic heterocycles. The van der Waals surface area contributed by atoms with Crippen LogP contribution in [0.5, 0.6) is 5.75 Å². The number of hydrogen-bond acceptors (Lipinski definition) is 6. The van der Waals surface area contributed by atoms with Gasteiger partial charge in [-0.2, -0.15) is 0 Å².